The molecule has 0 aliphatic carbocycles. The molecule has 0 saturated carbocycles. The van der Waals surface area contributed by atoms with Crippen LogP contribution in [0.25, 0.3) is 0 Å². The lowest BCUT2D eigenvalue weighted by molar-refractivity contribution is -0.120. The number of anilines is 1. The van der Waals surface area contributed by atoms with Crippen LogP contribution in [-0.4, -0.2) is 43.4 Å². The van der Waals surface area contributed by atoms with Gasteiger partial charge >= 0.3 is 6.03 Å². The molecule has 0 atom stereocenters. The molecule has 0 aromatic heterocycles. The number of hydrogen-bond donors (Lipinski definition) is 3. The Morgan fingerprint density at radius 1 is 0.962 bits per heavy atom. The van der Waals surface area contributed by atoms with Gasteiger partial charge < -0.3 is 10.6 Å². The first kappa shape index (κ1) is 19.1. The van der Waals surface area contributed by atoms with Crippen molar-refractivity contribution in [2.45, 2.75) is 6.54 Å². The molecule has 0 aliphatic heterocycles. The minimum atomic E-state index is -0.565. The Kier molecular flexibility index (Phi) is 6.87. The number of hydrogen-bond acceptors (Lipinski definition) is 4. The number of nitrogens with one attached hydrogen (secondary N) is 3. The van der Waals surface area contributed by atoms with Crippen LogP contribution in [0.1, 0.15) is 15.9 Å². The highest BCUT2D eigenvalue weighted by Gasteiger charge is 2.11. The molecule has 2 rings (SSSR count). The summed E-state index contributed by atoms with van der Waals surface area (Å²) in [5.41, 5.74) is 2.15. The van der Waals surface area contributed by atoms with E-state index in [1.54, 1.807) is 55.4 Å². The van der Waals surface area contributed by atoms with E-state index in [1.807, 2.05) is 18.2 Å². The van der Waals surface area contributed by atoms with Crippen LogP contribution in [0.3, 0.4) is 0 Å². The van der Waals surface area contributed by atoms with Crippen molar-refractivity contribution in [1.29, 1.82) is 0 Å². The number of carbonyl (C=O) groups excluding carboxylic acids is 3. The molecule has 7 nitrogen and oxygen atoms in total. The zero-order chi connectivity index (χ0) is 18.9. The largest absolute Gasteiger partial charge is 0.355 e. The lowest BCUT2D eigenvalue weighted by Gasteiger charge is -2.16. The summed E-state index contributed by atoms with van der Waals surface area (Å²) in [5, 5.41) is 7.45. The fourth-order valence-corrected chi connectivity index (χ4v) is 2.37. The monoisotopic (exact) mass is 354 g/mol. The highest BCUT2D eigenvalue weighted by atomic mass is 16.2. The van der Waals surface area contributed by atoms with Gasteiger partial charge in [0.2, 0.25) is 5.91 Å². The summed E-state index contributed by atoms with van der Waals surface area (Å²) in [6, 6.07) is 15.5. The standard InChI is InChI=1S/C19H22N4O3/c1-20-18(25)15-10-8-14(9-11-15)12-23(2)13-17(24)22-19(26)21-16-6-4-3-5-7-16/h3-11H,12-13H2,1-2H3,(H,20,25)(H2,21,22,24,26). The first-order valence-electron chi connectivity index (χ1n) is 8.13. The molecule has 4 amide bonds. The quantitative estimate of drug-likeness (QED) is 0.738. The number of benzene rings is 2. The number of urea groups is 1. The van der Waals surface area contributed by atoms with Crippen molar-refractivity contribution in [3.05, 3.63) is 65.7 Å². The van der Waals surface area contributed by atoms with Crippen LogP contribution in [-0.2, 0) is 11.3 Å². The van der Waals surface area contributed by atoms with Crippen molar-refractivity contribution < 1.29 is 14.4 Å². The Morgan fingerprint density at radius 2 is 1.62 bits per heavy atom. The van der Waals surface area contributed by atoms with Gasteiger partial charge in [-0.2, -0.15) is 0 Å². The zero-order valence-corrected chi connectivity index (χ0v) is 14.8. The van der Waals surface area contributed by atoms with Crippen molar-refractivity contribution in [2.75, 3.05) is 26.0 Å². The topological polar surface area (TPSA) is 90.5 Å². The summed E-state index contributed by atoms with van der Waals surface area (Å²) in [6.45, 7) is 0.584. The first-order valence-corrected chi connectivity index (χ1v) is 8.13. The van der Waals surface area contributed by atoms with Crippen molar-refractivity contribution >= 4 is 23.5 Å². The third kappa shape index (κ3) is 6.03. The van der Waals surface area contributed by atoms with E-state index < -0.39 is 11.9 Å². The number of carbonyl (C=O) groups is 3. The average Bonchev–Trinajstić information content (AvgIpc) is 2.62. The van der Waals surface area contributed by atoms with Crippen molar-refractivity contribution in [2.24, 2.45) is 0 Å². The van der Waals surface area contributed by atoms with Gasteiger partial charge in [0.15, 0.2) is 0 Å². The van der Waals surface area contributed by atoms with Crippen LogP contribution >= 0.6 is 0 Å². The Bertz CT molecular complexity index is 760. The third-order valence-corrected chi connectivity index (χ3v) is 3.59. The second-order valence-electron chi connectivity index (χ2n) is 5.82. The molecule has 2 aromatic rings. The average molecular weight is 354 g/mol. The molecule has 0 bridgehead atoms. The SMILES string of the molecule is CNC(=O)c1ccc(CN(C)CC(=O)NC(=O)Nc2ccccc2)cc1. The van der Waals surface area contributed by atoms with Gasteiger partial charge in [-0.3, -0.25) is 19.8 Å². The molecular weight excluding hydrogens is 332 g/mol. The molecule has 0 fully saturated rings. The summed E-state index contributed by atoms with van der Waals surface area (Å²) in [5.74, 6) is -0.545. The molecule has 0 radical (unpaired) electrons. The van der Waals surface area contributed by atoms with Crippen molar-refractivity contribution in [3.63, 3.8) is 0 Å². The van der Waals surface area contributed by atoms with Crippen LogP contribution in [0, 0.1) is 0 Å². The Hall–Kier alpha value is -3.19. The van der Waals surface area contributed by atoms with Crippen LogP contribution in [0.4, 0.5) is 10.5 Å². The van der Waals surface area contributed by atoms with Crippen LogP contribution in [0.15, 0.2) is 54.6 Å². The minimum absolute atomic E-state index is 0.0689. The smallest absolute Gasteiger partial charge is 0.325 e. The van der Waals surface area contributed by atoms with Gasteiger partial charge in [0.1, 0.15) is 0 Å². The van der Waals surface area contributed by atoms with E-state index in [9.17, 15) is 14.4 Å². The van der Waals surface area contributed by atoms with E-state index in [4.69, 9.17) is 0 Å². The van der Waals surface area contributed by atoms with E-state index in [2.05, 4.69) is 16.0 Å². The summed E-state index contributed by atoms with van der Waals surface area (Å²) < 4.78 is 0. The normalized spacial score (nSPS) is 10.3. The number of likely N-dealkylation sites (N-methyl/N-ethyl adjacent to an activating group) is 1. The van der Waals surface area contributed by atoms with Gasteiger partial charge in [0.25, 0.3) is 5.91 Å². The zero-order valence-electron chi connectivity index (χ0n) is 14.8. The number of para-hydroxylation sites is 1. The van der Waals surface area contributed by atoms with E-state index in [-0.39, 0.29) is 12.5 Å². The lowest BCUT2D eigenvalue weighted by Crippen LogP contribution is -2.40. The maximum atomic E-state index is 12.0. The number of nitrogens with zero attached hydrogens (tertiary/aromatic N) is 1. The van der Waals surface area contributed by atoms with Gasteiger partial charge in [0, 0.05) is 24.8 Å². The van der Waals surface area contributed by atoms with Gasteiger partial charge in [-0.15, -0.1) is 0 Å². The van der Waals surface area contributed by atoms with Gasteiger partial charge in [-0.25, -0.2) is 4.79 Å². The molecule has 0 aliphatic rings. The third-order valence-electron chi connectivity index (χ3n) is 3.59. The molecular formula is C19H22N4O3. The molecule has 3 N–H and O–H groups in total. The molecule has 0 heterocycles. The van der Waals surface area contributed by atoms with E-state index in [0.717, 1.165) is 5.56 Å². The highest BCUT2D eigenvalue weighted by Crippen LogP contribution is 2.07. The van der Waals surface area contributed by atoms with E-state index in [0.29, 0.717) is 17.8 Å². The van der Waals surface area contributed by atoms with Gasteiger partial charge in [0.05, 0.1) is 6.54 Å². The predicted octanol–water partition coefficient (Wildman–Crippen LogP) is 1.83. The number of amides is 4. The Balaban J connectivity index is 1.79. The van der Waals surface area contributed by atoms with Gasteiger partial charge in [-0.05, 0) is 36.9 Å². The Labute approximate surface area is 152 Å². The molecule has 0 unspecified atom stereocenters. The molecule has 2 aromatic carbocycles. The highest BCUT2D eigenvalue weighted by molar-refractivity contribution is 6.01. The van der Waals surface area contributed by atoms with E-state index in [1.165, 1.54) is 0 Å². The molecule has 0 spiro atoms. The maximum Gasteiger partial charge on any atom is 0.325 e. The second kappa shape index (κ2) is 9.33. The fourth-order valence-electron chi connectivity index (χ4n) is 2.37. The molecule has 136 valence electrons. The van der Waals surface area contributed by atoms with Crippen molar-refractivity contribution in [3.8, 4) is 0 Å². The van der Waals surface area contributed by atoms with E-state index >= 15 is 0 Å². The summed E-state index contributed by atoms with van der Waals surface area (Å²) in [7, 11) is 3.36. The first-order chi connectivity index (χ1) is 12.5. The van der Waals surface area contributed by atoms with Crippen LogP contribution < -0.4 is 16.0 Å². The summed E-state index contributed by atoms with van der Waals surface area (Å²) in [6.07, 6.45) is 0. The lowest BCUT2D eigenvalue weighted by atomic mass is 10.1. The minimum Gasteiger partial charge on any atom is -0.355 e. The molecule has 0 saturated heterocycles. The summed E-state index contributed by atoms with van der Waals surface area (Å²) >= 11 is 0. The van der Waals surface area contributed by atoms with Gasteiger partial charge in [-0.1, -0.05) is 30.3 Å². The van der Waals surface area contributed by atoms with Crippen LogP contribution in [0.2, 0.25) is 0 Å². The van der Waals surface area contributed by atoms with Crippen LogP contribution in [0.5, 0.6) is 0 Å². The molecule has 26 heavy (non-hydrogen) atoms. The molecule has 7 heteroatoms. The maximum absolute atomic E-state index is 12.0. The Morgan fingerprint density at radius 3 is 2.23 bits per heavy atom. The van der Waals surface area contributed by atoms with Crippen molar-refractivity contribution in [1.82, 2.24) is 15.5 Å². The second-order valence-corrected chi connectivity index (χ2v) is 5.82. The summed E-state index contributed by atoms with van der Waals surface area (Å²) in [4.78, 5) is 37.0. The predicted molar refractivity (Wildman–Crippen MR) is 99.8 cm³/mol. The fraction of sp³-hybridized carbons (Fsp3) is 0.211. The number of imide groups is 1. The number of rotatable bonds is 6.